The summed E-state index contributed by atoms with van der Waals surface area (Å²) in [5.41, 5.74) is 2.09. The quantitative estimate of drug-likeness (QED) is 0.851. The molecule has 1 N–H and O–H groups in total. The largest absolute Gasteiger partial charge is 0.480 e. The fourth-order valence-corrected chi connectivity index (χ4v) is 2.13. The Morgan fingerprint density at radius 3 is 2.40 bits per heavy atom. The molecule has 0 atom stereocenters. The maximum Gasteiger partial charge on any atom is 0.323 e. The molecule has 1 aromatic heterocycles. The molecular formula is C14H20N4O2. The number of nitrogens with zero attached hydrogens (tertiary/aromatic N) is 4. The van der Waals surface area contributed by atoms with E-state index in [4.69, 9.17) is 5.11 Å². The van der Waals surface area contributed by atoms with Gasteiger partial charge in [-0.05, 0) is 32.3 Å². The summed E-state index contributed by atoms with van der Waals surface area (Å²) < 4.78 is 0. The van der Waals surface area contributed by atoms with Gasteiger partial charge in [0.25, 0.3) is 0 Å². The molecule has 1 heterocycles. The van der Waals surface area contributed by atoms with E-state index >= 15 is 0 Å². The Kier molecular flexibility index (Phi) is 5.44. The highest BCUT2D eigenvalue weighted by atomic mass is 16.4. The smallest absolute Gasteiger partial charge is 0.323 e. The predicted molar refractivity (Wildman–Crippen MR) is 75.6 cm³/mol. The number of hydrogen-bond acceptors (Lipinski definition) is 5. The van der Waals surface area contributed by atoms with Crippen LogP contribution in [0.15, 0.2) is 0 Å². The van der Waals surface area contributed by atoms with Crippen molar-refractivity contribution >= 4 is 11.8 Å². The van der Waals surface area contributed by atoms with Crippen LogP contribution in [0.3, 0.4) is 0 Å². The Morgan fingerprint density at radius 2 is 2.00 bits per heavy atom. The molecule has 0 spiro atoms. The minimum Gasteiger partial charge on any atom is -0.480 e. The normalized spacial score (nSPS) is 10.4. The minimum absolute atomic E-state index is 0.0790. The topological polar surface area (TPSA) is 90.1 Å². The van der Waals surface area contributed by atoms with Crippen LogP contribution in [-0.4, -0.2) is 33.9 Å². The predicted octanol–water partition coefficient (Wildman–Crippen LogP) is 1.77. The Morgan fingerprint density at radius 1 is 1.35 bits per heavy atom. The molecule has 0 aliphatic heterocycles. The van der Waals surface area contributed by atoms with Crippen molar-refractivity contribution in [2.45, 2.75) is 46.6 Å². The number of nitriles is 1. The molecule has 0 aromatic carbocycles. The molecule has 0 aliphatic carbocycles. The van der Waals surface area contributed by atoms with Gasteiger partial charge < -0.3 is 10.0 Å². The molecular weight excluding hydrogens is 256 g/mol. The molecule has 0 bridgehead atoms. The molecule has 6 heteroatoms. The summed E-state index contributed by atoms with van der Waals surface area (Å²) in [6.07, 6.45) is 1.37. The molecule has 0 aliphatic rings. The monoisotopic (exact) mass is 276 g/mol. The minimum atomic E-state index is -0.956. The second-order valence-corrected chi connectivity index (χ2v) is 4.76. The summed E-state index contributed by atoms with van der Waals surface area (Å²) in [4.78, 5) is 12.6. The summed E-state index contributed by atoms with van der Waals surface area (Å²) in [6.45, 7) is 7.45. The molecule has 6 nitrogen and oxygen atoms in total. The van der Waals surface area contributed by atoms with E-state index in [0.29, 0.717) is 24.2 Å². The number of carboxylic acid groups (broad SMARTS) is 1. The highest BCUT2D eigenvalue weighted by Gasteiger charge is 2.22. The van der Waals surface area contributed by atoms with E-state index < -0.39 is 5.97 Å². The van der Waals surface area contributed by atoms with E-state index in [2.05, 4.69) is 16.3 Å². The lowest BCUT2D eigenvalue weighted by molar-refractivity contribution is -0.135. The van der Waals surface area contributed by atoms with Crippen molar-refractivity contribution in [3.63, 3.8) is 0 Å². The van der Waals surface area contributed by atoms with E-state index in [0.717, 1.165) is 11.3 Å². The zero-order valence-electron chi connectivity index (χ0n) is 12.3. The van der Waals surface area contributed by atoms with Crippen molar-refractivity contribution in [1.82, 2.24) is 10.2 Å². The molecule has 1 rings (SSSR count). The maximum atomic E-state index is 11.0. The number of aromatic nitrogens is 2. The Hall–Kier alpha value is -2.16. The van der Waals surface area contributed by atoms with Crippen molar-refractivity contribution in [3.8, 4) is 6.07 Å². The summed E-state index contributed by atoms with van der Waals surface area (Å²) in [6, 6.07) is 2.08. The molecule has 0 radical (unpaired) electrons. The number of carboxylic acids is 1. The van der Waals surface area contributed by atoms with Crippen LogP contribution in [-0.2, 0) is 17.6 Å². The van der Waals surface area contributed by atoms with Gasteiger partial charge in [0.05, 0.1) is 5.69 Å². The third-order valence-corrected chi connectivity index (χ3v) is 3.14. The number of hydrogen-bond donors (Lipinski definition) is 1. The van der Waals surface area contributed by atoms with E-state index in [9.17, 15) is 10.1 Å². The molecule has 0 amide bonds. The lowest BCUT2D eigenvalue weighted by Crippen LogP contribution is -2.37. The average Bonchev–Trinajstić information content (AvgIpc) is 2.42. The summed E-state index contributed by atoms with van der Waals surface area (Å²) in [5, 5.41) is 26.7. The highest BCUT2D eigenvalue weighted by molar-refractivity contribution is 5.74. The summed E-state index contributed by atoms with van der Waals surface area (Å²) >= 11 is 0. The second-order valence-electron chi connectivity index (χ2n) is 4.76. The van der Waals surface area contributed by atoms with Gasteiger partial charge in [-0.25, -0.2) is 0 Å². The number of aliphatic carboxylic acids is 1. The zero-order chi connectivity index (χ0) is 15.3. The standard InChI is InChI=1S/C14H20N4O2/c1-5-10-11(7-15)14(17-16-12(10)6-2)18(9(3)4)8-13(19)20/h9H,5-6,8H2,1-4H3,(H,19,20). The zero-order valence-corrected chi connectivity index (χ0v) is 12.3. The lowest BCUT2D eigenvalue weighted by atomic mass is 10.0. The summed E-state index contributed by atoms with van der Waals surface area (Å²) in [7, 11) is 0. The Balaban J connectivity index is 3.43. The van der Waals surface area contributed by atoms with Gasteiger partial charge in [-0.3, -0.25) is 4.79 Å². The number of aryl methyl sites for hydroxylation is 1. The molecule has 1 aromatic rings. The fourth-order valence-electron chi connectivity index (χ4n) is 2.13. The van der Waals surface area contributed by atoms with Gasteiger partial charge in [-0.2, -0.15) is 10.4 Å². The fraction of sp³-hybridized carbons (Fsp3) is 0.571. The van der Waals surface area contributed by atoms with Crippen LogP contribution in [0.25, 0.3) is 0 Å². The highest BCUT2D eigenvalue weighted by Crippen LogP contribution is 2.24. The van der Waals surface area contributed by atoms with E-state index in [1.54, 1.807) is 4.90 Å². The molecule has 20 heavy (non-hydrogen) atoms. The third-order valence-electron chi connectivity index (χ3n) is 3.14. The number of carbonyl (C=O) groups is 1. The van der Waals surface area contributed by atoms with Crippen molar-refractivity contribution in [3.05, 3.63) is 16.8 Å². The second kappa shape index (κ2) is 6.85. The molecule has 0 fully saturated rings. The van der Waals surface area contributed by atoms with Gasteiger partial charge in [-0.15, -0.1) is 5.10 Å². The van der Waals surface area contributed by atoms with Gasteiger partial charge >= 0.3 is 5.97 Å². The third kappa shape index (κ3) is 3.23. The van der Waals surface area contributed by atoms with E-state index in [-0.39, 0.29) is 12.6 Å². The van der Waals surface area contributed by atoms with Gasteiger partial charge in [0, 0.05) is 6.04 Å². The Labute approximate surface area is 119 Å². The average molecular weight is 276 g/mol. The molecule has 108 valence electrons. The first-order chi connectivity index (χ1) is 9.46. The van der Waals surface area contributed by atoms with Crippen molar-refractivity contribution in [1.29, 1.82) is 5.26 Å². The van der Waals surface area contributed by atoms with Crippen LogP contribution in [0, 0.1) is 11.3 Å². The van der Waals surface area contributed by atoms with Crippen molar-refractivity contribution in [2.24, 2.45) is 0 Å². The SMILES string of the molecule is CCc1nnc(N(CC(=O)O)C(C)C)c(C#N)c1CC. The summed E-state index contributed by atoms with van der Waals surface area (Å²) in [5.74, 6) is -0.596. The first-order valence-corrected chi connectivity index (χ1v) is 6.73. The van der Waals surface area contributed by atoms with E-state index in [1.165, 1.54) is 0 Å². The first-order valence-electron chi connectivity index (χ1n) is 6.73. The number of rotatable bonds is 6. The van der Waals surface area contributed by atoms with Crippen LogP contribution in [0.1, 0.15) is 44.5 Å². The van der Waals surface area contributed by atoms with Crippen LogP contribution in [0.2, 0.25) is 0 Å². The maximum absolute atomic E-state index is 11.0. The first kappa shape index (κ1) is 15.9. The lowest BCUT2D eigenvalue weighted by Gasteiger charge is -2.27. The Bertz CT molecular complexity index is 535. The van der Waals surface area contributed by atoms with Crippen molar-refractivity contribution in [2.75, 3.05) is 11.4 Å². The molecule has 0 saturated carbocycles. The number of anilines is 1. The van der Waals surface area contributed by atoms with Crippen LogP contribution in [0.4, 0.5) is 5.82 Å². The van der Waals surface area contributed by atoms with Gasteiger partial charge in [0.1, 0.15) is 18.2 Å². The van der Waals surface area contributed by atoms with Crippen LogP contribution < -0.4 is 4.90 Å². The molecule has 0 unspecified atom stereocenters. The van der Waals surface area contributed by atoms with Gasteiger partial charge in [0.15, 0.2) is 5.82 Å². The van der Waals surface area contributed by atoms with Gasteiger partial charge in [-0.1, -0.05) is 13.8 Å². The van der Waals surface area contributed by atoms with Crippen LogP contribution >= 0.6 is 0 Å². The van der Waals surface area contributed by atoms with Gasteiger partial charge in [0.2, 0.25) is 0 Å². The van der Waals surface area contributed by atoms with E-state index in [1.807, 2.05) is 27.7 Å². The van der Waals surface area contributed by atoms with Crippen molar-refractivity contribution < 1.29 is 9.90 Å². The van der Waals surface area contributed by atoms with Crippen LogP contribution in [0.5, 0.6) is 0 Å². The molecule has 0 saturated heterocycles.